The Kier molecular flexibility index (Phi) is 11.3. The number of benzene rings is 11. The standard InChI is InChI=1S/C67H47N3/c1-7-20-49(21-8-1)61-41-39-59(46-63(61)51-24-11-3-12-25-51)69(60-40-42-62(50-22-9-2-10-23-50)64(47-60)52-26-13-4-14-27-52)58-37-34-48(35-38-58)54-30-19-31-55(44-54)56-36-43-66-65(45-56)68-67(53-28-15-5-16-29-53)70(66)57-32-17-6-18-33-57/h1-47H. The molecule has 0 saturated heterocycles. The summed E-state index contributed by atoms with van der Waals surface area (Å²) in [5, 5.41) is 0. The number of hydrogen-bond donors (Lipinski definition) is 0. The van der Waals surface area contributed by atoms with E-state index in [0.717, 1.165) is 67.4 Å². The van der Waals surface area contributed by atoms with Gasteiger partial charge in [0.05, 0.1) is 11.0 Å². The molecule has 0 unspecified atom stereocenters. The van der Waals surface area contributed by atoms with Crippen LogP contribution in [0.3, 0.4) is 0 Å². The van der Waals surface area contributed by atoms with Gasteiger partial charge in [0.2, 0.25) is 0 Å². The highest BCUT2D eigenvalue weighted by atomic mass is 15.1. The lowest BCUT2D eigenvalue weighted by Gasteiger charge is -2.28. The molecule has 330 valence electrons. The second kappa shape index (κ2) is 18.8. The van der Waals surface area contributed by atoms with Crippen molar-refractivity contribution < 1.29 is 0 Å². The maximum Gasteiger partial charge on any atom is 0.145 e. The van der Waals surface area contributed by atoms with Crippen LogP contribution < -0.4 is 4.90 Å². The largest absolute Gasteiger partial charge is 0.310 e. The van der Waals surface area contributed by atoms with Gasteiger partial charge in [0.15, 0.2) is 0 Å². The minimum absolute atomic E-state index is 0.925. The number of anilines is 3. The summed E-state index contributed by atoms with van der Waals surface area (Å²) in [4.78, 5) is 7.64. The van der Waals surface area contributed by atoms with Crippen molar-refractivity contribution in [2.45, 2.75) is 0 Å². The SMILES string of the molecule is c1ccc(-c2ccc(N(c3ccc(-c4cccc(-c5ccc6c(c5)nc(-c5ccccc5)n6-c5ccccc5)c4)cc3)c3ccc(-c4ccccc4)c(-c4ccccc4)c3)cc2-c2ccccc2)cc1. The Morgan fingerprint density at radius 2 is 0.643 bits per heavy atom. The third kappa shape index (κ3) is 8.27. The Hall–Kier alpha value is -9.31. The van der Waals surface area contributed by atoms with Crippen LogP contribution >= 0.6 is 0 Å². The maximum absolute atomic E-state index is 5.25. The molecule has 0 aliphatic carbocycles. The van der Waals surface area contributed by atoms with E-state index in [9.17, 15) is 0 Å². The molecule has 70 heavy (non-hydrogen) atoms. The van der Waals surface area contributed by atoms with Crippen molar-refractivity contribution in [2.24, 2.45) is 0 Å². The highest BCUT2D eigenvalue weighted by molar-refractivity contribution is 5.93. The van der Waals surface area contributed by atoms with Crippen molar-refractivity contribution in [3.05, 3.63) is 285 Å². The fourth-order valence-corrected chi connectivity index (χ4v) is 9.80. The highest BCUT2D eigenvalue weighted by Crippen LogP contribution is 2.44. The number of fused-ring (bicyclic) bond motifs is 1. The van der Waals surface area contributed by atoms with E-state index in [0.29, 0.717) is 0 Å². The second-order valence-corrected chi connectivity index (χ2v) is 17.6. The van der Waals surface area contributed by atoms with E-state index < -0.39 is 0 Å². The summed E-state index contributed by atoms with van der Waals surface area (Å²) in [5.74, 6) is 0.925. The number of hydrogen-bond acceptors (Lipinski definition) is 2. The fourth-order valence-electron chi connectivity index (χ4n) is 9.80. The number of imidazole rings is 1. The predicted molar refractivity (Wildman–Crippen MR) is 294 cm³/mol. The summed E-state index contributed by atoms with van der Waals surface area (Å²) < 4.78 is 2.26. The van der Waals surface area contributed by atoms with Crippen molar-refractivity contribution in [2.75, 3.05) is 4.90 Å². The van der Waals surface area contributed by atoms with Gasteiger partial charge in [0, 0.05) is 28.3 Å². The van der Waals surface area contributed by atoms with Gasteiger partial charge >= 0.3 is 0 Å². The van der Waals surface area contributed by atoms with Crippen molar-refractivity contribution in [3.8, 4) is 83.8 Å². The Labute approximate surface area is 409 Å². The molecule has 0 aliphatic heterocycles. The van der Waals surface area contributed by atoms with Gasteiger partial charge < -0.3 is 4.90 Å². The van der Waals surface area contributed by atoms with Crippen molar-refractivity contribution in [1.82, 2.24) is 9.55 Å². The van der Waals surface area contributed by atoms with E-state index in [4.69, 9.17) is 4.98 Å². The lowest BCUT2D eigenvalue weighted by atomic mass is 9.92. The molecule has 12 rings (SSSR count). The Morgan fingerprint density at radius 3 is 1.14 bits per heavy atom. The summed E-state index contributed by atoms with van der Waals surface area (Å²) in [6.45, 7) is 0. The smallest absolute Gasteiger partial charge is 0.145 e. The molecule has 0 atom stereocenters. The zero-order valence-electron chi connectivity index (χ0n) is 38.5. The average molecular weight is 894 g/mol. The molecule has 3 nitrogen and oxygen atoms in total. The average Bonchev–Trinajstić information content (AvgIpc) is 3.84. The molecule has 0 aliphatic rings. The molecule has 1 heterocycles. The van der Waals surface area contributed by atoms with Gasteiger partial charge in [0.1, 0.15) is 5.82 Å². The van der Waals surface area contributed by atoms with Crippen LogP contribution in [0.1, 0.15) is 0 Å². The summed E-state index contributed by atoms with van der Waals surface area (Å²) >= 11 is 0. The normalized spacial score (nSPS) is 11.1. The van der Waals surface area contributed by atoms with Crippen LogP contribution in [0.25, 0.3) is 94.9 Å². The van der Waals surface area contributed by atoms with Crippen LogP contribution in [0, 0.1) is 0 Å². The van der Waals surface area contributed by atoms with Gasteiger partial charge in [-0.25, -0.2) is 4.98 Å². The van der Waals surface area contributed by atoms with Gasteiger partial charge in [-0.1, -0.05) is 218 Å². The number of rotatable bonds is 11. The van der Waals surface area contributed by atoms with Crippen LogP contribution in [0.4, 0.5) is 17.1 Å². The van der Waals surface area contributed by atoms with Crippen molar-refractivity contribution >= 4 is 28.1 Å². The molecular formula is C67H47N3. The first-order chi connectivity index (χ1) is 34.7. The lowest BCUT2D eigenvalue weighted by molar-refractivity contribution is 1.10. The topological polar surface area (TPSA) is 21.1 Å². The molecule has 0 bridgehead atoms. The maximum atomic E-state index is 5.25. The summed E-state index contributed by atoms with van der Waals surface area (Å²) in [6, 6.07) is 102. The Balaban J connectivity index is 0.957. The first-order valence-electron chi connectivity index (χ1n) is 23.9. The number of nitrogens with zero attached hydrogens (tertiary/aromatic N) is 3. The lowest BCUT2D eigenvalue weighted by Crippen LogP contribution is -2.10. The molecule has 0 spiro atoms. The van der Waals surface area contributed by atoms with Gasteiger partial charge in [-0.2, -0.15) is 0 Å². The third-order valence-electron chi connectivity index (χ3n) is 13.2. The van der Waals surface area contributed by atoms with Crippen molar-refractivity contribution in [1.29, 1.82) is 0 Å². The van der Waals surface area contributed by atoms with Crippen LogP contribution in [0.2, 0.25) is 0 Å². The molecule has 0 N–H and O–H groups in total. The molecule has 0 radical (unpaired) electrons. The van der Waals surface area contributed by atoms with Crippen LogP contribution in [-0.2, 0) is 0 Å². The minimum Gasteiger partial charge on any atom is -0.310 e. The minimum atomic E-state index is 0.925. The van der Waals surface area contributed by atoms with Gasteiger partial charge in [-0.3, -0.25) is 4.57 Å². The summed E-state index contributed by atoms with van der Waals surface area (Å²) in [5.41, 5.74) is 21.4. The van der Waals surface area contributed by atoms with E-state index >= 15 is 0 Å². The van der Waals surface area contributed by atoms with Crippen LogP contribution in [0.15, 0.2) is 285 Å². The predicted octanol–water partition coefficient (Wildman–Crippen LogP) is 18.2. The van der Waals surface area contributed by atoms with Crippen LogP contribution in [-0.4, -0.2) is 9.55 Å². The number of para-hydroxylation sites is 1. The van der Waals surface area contributed by atoms with Crippen LogP contribution in [0.5, 0.6) is 0 Å². The first-order valence-corrected chi connectivity index (χ1v) is 23.9. The van der Waals surface area contributed by atoms with E-state index in [1.165, 1.54) is 44.5 Å². The molecule has 1 aromatic heterocycles. The summed E-state index contributed by atoms with van der Waals surface area (Å²) in [7, 11) is 0. The molecule has 0 fully saturated rings. The Bertz CT molecular complexity index is 3590. The van der Waals surface area contributed by atoms with Gasteiger partial charge in [0.25, 0.3) is 0 Å². The highest BCUT2D eigenvalue weighted by Gasteiger charge is 2.20. The zero-order valence-corrected chi connectivity index (χ0v) is 38.5. The fraction of sp³-hybridized carbons (Fsp3) is 0. The second-order valence-electron chi connectivity index (χ2n) is 17.6. The zero-order chi connectivity index (χ0) is 46.6. The quantitative estimate of drug-likeness (QED) is 0.129. The van der Waals surface area contributed by atoms with Crippen molar-refractivity contribution in [3.63, 3.8) is 0 Å². The van der Waals surface area contributed by atoms with E-state index in [1.54, 1.807) is 0 Å². The molecule has 3 heteroatoms. The van der Waals surface area contributed by atoms with Gasteiger partial charge in [-0.05, 0) is 133 Å². The monoisotopic (exact) mass is 893 g/mol. The molecule has 12 aromatic rings. The third-order valence-corrected chi connectivity index (χ3v) is 13.2. The molecule has 0 amide bonds. The Morgan fingerprint density at radius 1 is 0.257 bits per heavy atom. The van der Waals surface area contributed by atoms with E-state index in [2.05, 4.69) is 289 Å². The van der Waals surface area contributed by atoms with E-state index in [1.807, 2.05) is 6.07 Å². The van der Waals surface area contributed by atoms with E-state index in [-0.39, 0.29) is 0 Å². The first kappa shape index (κ1) is 42.1. The van der Waals surface area contributed by atoms with Gasteiger partial charge in [-0.15, -0.1) is 0 Å². The molecular weight excluding hydrogens is 847 g/mol. The molecule has 11 aromatic carbocycles. The molecule has 0 saturated carbocycles. The summed E-state index contributed by atoms with van der Waals surface area (Å²) in [6.07, 6.45) is 0. The number of aromatic nitrogens is 2.